The zero-order valence-corrected chi connectivity index (χ0v) is 13.8. The first-order valence-electron chi connectivity index (χ1n) is 8.13. The lowest BCUT2D eigenvalue weighted by Gasteiger charge is -2.24. The van der Waals surface area contributed by atoms with E-state index < -0.39 is 6.29 Å². The summed E-state index contributed by atoms with van der Waals surface area (Å²) in [7, 11) is 0. The molecule has 2 atom stereocenters. The van der Waals surface area contributed by atoms with E-state index in [0.717, 1.165) is 38.5 Å². The Bertz CT molecular complexity index is 428. The fraction of sp³-hybridized carbons (Fsp3) is 0.526. The number of carbonyl (C=O) groups is 1. The van der Waals surface area contributed by atoms with Crippen molar-refractivity contribution in [1.82, 2.24) is 0 Å². The van der Waals surface area contributed by atoms with Gasteiger partial charge in [0.15, 0.2) is 0 Å². The Labute approximate surface area is 134 Å². The van der Waals surface area contributed by atoms with Crippen molar-refractivity contribution in [2.45, 2.75) is 64.8 Å². The predicted octanol–water partition coefficient (Wildman–Crippen LogP) is 4.66. The molecule has 0 aromatic heterocycles. The van der Waals surface area contributed by atoms with Gasteiger partial charge in [-0.2, -0.15) is 0 Å². The molecule has 0 aliphatic rings. The predicted molar refractivity (Wildman–Crippen MR) is 89.5 cm³/mol. The number of esters is 1. The van der Waals surface area contributed by atoms with Crippen molar-refractivity contribution in [3.8, 4) is 0 Å². The summed E-state index contributed by atoms with van der Waals surface area (Å²) < 4.78 is 11.3. The molecule has 0 aliphatic carbocycles. The lowest BCUT2D eigenvalue weighted by atomic mass is 10.0. The molecule has 0 saturated carbocycles. The van der Waals surface area contributed by atoms with Gasteiger partial charge in [0.1, 0.15) is 0 Å². The van der Waals surface area contributed by atoms with Gasteiger partial charge in [-0.1, -0.05) is 49.8 Å². The average Bonchev–Trinajstić information content (AvgIpc) is 2.51. The first kappa shape index (κ1) is 18.4. The van der Waals surface area contributed by atoms with Gasteiger partial charge in [0.25, 0.3) is 0 Å². The van der Waals surface area contributed by atoms with E-state index in [9.17, 15) is 4.79 Å². The van der Waals surface area contributed by atoms with Crippen molar-refractivity contribution in [3.05, 3.63) is 48.6 Å². The summed E-state index contributed by atoms with van der Waals surface area (Å²) in [5.74, 6) is -0.290. The van der Waals surface area contributed by atoms with Crippen molar-refractivity contribution in [2.75, 3.05) is 0 Å². The van der Waals surface area contributed by atoms with Crippen LogP contribution in [-0.4, -0.2) is 18.4 Å². The van der Waals surface area contributed by atoms with Gasteiger partial charge in [-0.3, -0.25) is 4.79 Å². The van der Waals surface area contributed by atoms with Crippen LogP contribution in [0.1, 0.15) is 51.5 Å². The number of rotatable bonds is 11. The minimum atomic E-state index is -0.446. The molecular formula is C19H28O3. The zero-order valence-electron chi connectivity index (χ0n) is 13.8. The van der Waals surface area contributed by atoms with Crippen LogP contribution in [0.5, 0.6) is 0 Å². The Balaban J connectivity index is 2.54. The molecule has 3 nitrogen and oxygen atoms in total. The second-order valence-corrected chi connectivity index (χ2v) is 5.49. The molecule has 0 radical (unpaired) electrons. The van der Waals surface area contributed by atoms with E-state index in [-0.39, 0.29) is 12.1 Å². The number of unbranched alkanes of at least 4 members (excludes halogenated alkanes) is 1. The monoisotopic (exact) mass is 304 g/mol. The van der Waals surface area contributed by atoms with E-state index in [4.69, 9.17) is 9.47 Å². The maximum Gasteiger partial charge on any atom is 0.304 e. The molecule has 0 N–H and O–H groups in total. The molecule has 1 aromatic rings. The van der Waals surface area contributed by atoms with Gasteiger partial charge in [0.2, 0.25) is 6.29 Å². The molecule has 122 valence electrons. The lowest BCUT2D eigenvalue weighted by Crippen LogP contribution is -2.26. The van der Waals surface area contributed by atoms with Crippen LogP contribution in [0.3, 0.4) is 0 Å². The Kier molecular flexibility index (Phi) is 9.24. The third-order valence-corrected chi connectivity index (χ3v) is 3.46. The fourth-order valence-corrected chi connectivity index (χ4v) is 2.32. The Hall–Kier alpha value is -1.61. The second-order valence-electron chi connectivity index (χ2n) is 5.49. The maximum absolute atomic E-state index is 11.2. The number of hydrogen-bond donors (Lipinski definition) is 0. The molecule has 0 spiro atoms. The average molecular weight is 304 g/mol. The van der Waals surface area contributed by atoms with Gasteiger partial charge in [-0.15, -0.1) is 6.58 Å². The Morgan fingerprint density at radius 1 is 1.27 bits per heavy atom. The van der Waals surface area contributed by atoms with Crippen LogP contribution < -0.4 is 0 Å². The van der Waals surface area contributed by atoms with Crippen molar-refractivity contribution in [1.29, 1.82) is 0 Å². The molecule has 0 heterocycles. The molecule has 0 amide bonds. The van der Waals surface area contributed by atoms with Gasteiger partial charge < -0.3 is 9.47 Å². The summed E-state index contributed by atoms with van der Waals surface area (Å²) in [6.07, 6.45) is 6.82. The number of benzene rings is 1. The van der Waals surface area contributed by atoms with E-state index in [1.165, 1.54) is 12.5 Å². The molecule has 1 rings (SSSR count). The summed E-state index contributed by atoms with van der Waals surface area (Å²) in [6, 6.07) is 10.3. The highest BCUT2D eigenvalue weighted by atomic mass is 16.7. The Morgan fingerprint density at radius 2 is 2.00 bits per heavy atom. The maximum atomic E-state index is 11.2. The van der Waals surface area contributed by atoms with Crippen LogP contribution in [0, 0.1) is 0 Å². The molecule has 0 fully saturated rings. The molecule has 0 aliphatic heterocycles. The quantitative estimate of drug-likeness (QED) is 0.339. The summed E-state index contributed by atoms with van der Waals surface area (Å²) in [4.78, 5) is 11.2. The topological polar surface area (TPSA) is 35.5 Å². The minimum Gasteiger partial charge on any atom is -0.436 e. The molecule has 2 unspecified atom stereocenters. The van der Waals surface area contributed by atoms with Gasteiger partial charge in [-0.05, 0) is 31.2 Å². The zero-order chi connectivity index (χ0) is 16.2. The van der Waals surface area contributed by atoms with Crippen molar-refractivity contribution in [2.24, 2.45) is 0 Å². The number of ether oxygens (including phenoxy) is 2. The first-order chi connectivity index (χ1) is 10.7. The van der Waals surface area contributed by atoms with Gasteiger partial charge in [0, 0.05) is 13.3 Å². The SMILES string of the molecule is C=CCC(CCc1ccccc1)OC(CCCC)OC(C)=O. The summed E-state index contributed by atoms with van der Waals surface area (Å²) in [6.45, 7) is 7.34. The third-order valence-electron chi connectivity index (χ3n) is 3.46. The highest BCUT2D eigenvalue weighted by Gasteiger charge is 2.18. The van der Waals surface area contributed by atoms with Crippen molar-refractivity contribution < 1.29 is 14.3 Å². The van der Waals surface area contributed by atoms with Crippen LogP contribution in [0.2, 0.25) is 0 Å². The summed E-state index contributed by atoms with van der Waals surface area (Å²) >= 11 is 0. The summed E-state index contributed by atoms with van der Waals surface area (Å²) in [5, 5.41) is 0. The molecular weight excluding hydrogens is 276 g/mol. The summed E-state index contributed by atoms with van der Waals surface area (Å²) in [5.41, 5.74) is 1.29. The van der Waals surface area contributed by atoms with Crippen LogP contribution in [0.25, 0.3) is 0 Å². The van der Waals surface area contributed by atoms with Gasteiger partial charge in [0.05, 0.1) is 6.10 Å². The Morgan fingerprint density at radius 3 is 2.59 bits per heavy atom. The second kappa shape index (κ2) is 11.0. The number of hydrogen-bond acceptors (Lipinski definition) is 3. The minimum absolute atomic E-state index is 0.0268. The first-order valence-corrected chi connectivity index (χ1v) is 8.13. The van der Waals surface area contributed by atoms with E-state index in [2.05, 4.69) is 25.6 Å². The van der Waals surface area contributed by atoms with Crippen LogP contribution in [-0.2, 0) is 20.7 Å². The van der Waals surface area contributed by atoms with E-state index in [1.807, 2.05) is 24.3 Å². The molecule has 22 heavy (non-hydrogen) atoms. The largest absolute Gasteiger partial charge is 0.436 e. The molecule has 3 heteroatoms. The fourth-order valence-electron chi connectivity index (χ4n) is 2.32. The van der Waals surface area contributed by atoms with Crippen LogP contribution in [0.15, 0.2) is 43.0 Å². The molecule has 0 bridgehead atoms. The lowest BCUT2D eigenvalue weighted by molar-refractivity contribution is -0.189. The smallest absolute Gasteiger partial charge is 0.304 e. The molecule has 1 aromatic carbocycles. The van der Waals surface area contributed by atoms with Crippen LogP contribution >= 0.6 is 0 Å². The van der Waals surface area contributed by atoms with E-state index in [0.29, 0.717) is 0 Å². The van der Waals surface area contributed by atoms with E-state index >= 15 is 0 Å². The highest BCUT2D eigenvalue weighted by molar-refractivity contribution is 5.66. The van der Waals surface area contributed by atoms with Crippen molar-refractivity contribution >= 4 is 5.97 Å². The van der Waals surface area contributed by atoms with Gasteiger partial charge >= 0.3 is 5.97 Å². The van der Waals surface area contributed by atoms with E-state index in [1.54, 1.807) is 0 Å². The van der Waals surface area contributed by atoms with Gasteiger partial charge in [-0.25, -0.2) is 0 Å². The molecule has 0 saturated heterocycles. The standard InChI is InChI=1S/C19H28O3/c1-4-6-13-19(21-16(3)20)22-18(10-5-2)15-14-17-11-8-7-9-12-17/h5,7-9,11-12,18-19H,2,4,6,10,13-15H2,1,3H3. The van der Waals surface area contributed by atoms with Crippen molar-refractivity contribution in [3.63, 3.8) is 0 Å². The third kappa shape index (κ3) is 7.99. The normalized spacial score (nSPS) is 13.4. The van der Waals surface area contributed by atoms with Crippen LogP contribution in [0.4, 0.5) is 0 Å². The number of aryl methyl sites for hydroxylation is 1. The highest BCUT2D eigenvalue weighted by Crippen LogP contribution is 2.16. The number of carbonyl (C=O) groups excluding carboxylic acids is 1.